The highest BCUT2D eigenvalue weighted by atomic mass is 32.2. The van der Waals surface area contributed by atoms with Gasteiger partial charge in [-0.1, -0.05) is 20.8 Å². The molecule has 0 saturated heterocycles. The Labute approximate surface area is 92.0 Å². The predicted octanol–water partition coefficient (Wildman–Crippen LogP) is 0.903. The molecule has 0 saturated carbocycles. The van der Waals surface area contributed by atoms with Crippen LogP contribution in [0.3, 0.4) is 0 Å². The van der Waals surface area contributed by atoms with E-state index < -0.39 is 15.7 Å². The highest BCUT2D eigenvalue weighted by molar-refractivity contribution is 7.87. The van der Waals surface area contributed by atoms with Crippen LogP contribution in [0.25, 0.3) is 0 Å². The minimum atomic E-state index is -3.56. The van der Waals surface area contributed by atoms with Gasteiger partial charge in [0.2, 0.25) is 0 Å². The van der Waals surface area contributed by atoms with E-state index in [1.807, 2.05) is 13.0 Å². The maximum Gasteiger partial charge on any atom is 0.278 e. The van der Waals surface area contributed by atoms with E-state index in [1.165, 1.54) is 0 Å². The minimum absolute atomic E-state index is 0.379. The van der Waals surface area contributed by atoms with Gasteiger partial charge < -0.3 is 0 Å². The van der Waals surface area contributed by atoms with Gasteiger partial charge in [-0.05, 0) is 19.3 Å². The number of nitrogens with zero attached hydrogens (tertiary/aromatic N) is 1. The van der Waals surface area contributed by atoms with E-state index in [2.05, 4.69) is 9.44 Å². The number of nitriles is 1. The van der Waals surface area contributed by atoms with E-state index in [1.54, 1.807) is 13.8 Å². The molecule has 0 radical (unpaired) electrons. The molecule has 0 aromatic rings. The molecule has 0 unspecified atom stereocenters. The van der Waals surface area contributed by atoms with Gasteiger partial charge in [0.15, 0.2) is 0 Å². The Hall–Kier alpha value is -0.640. The van der Waals surface area contributed by atoms with Crippen LogP contribution in [0.4, 0.5) is 0 Å². The van der Waals surface area contributed by atoms with Crippen LogP contribution in [0, 0.1) is 11.3 Å². The fourth-order valence-corrected chi connectivity index (χ4v) is 2.50. The predicted molar refractivity (Wildman–Crippen MR) is 59.3 cm³/mol. The third-order valence-corrected chi connectivity index (χ3v) is 3.54. The second kappa shape index (κ2) is 6.05. The summed E-state index contributed by atoms with van der Waals surface area (Å²) in [6.45, 7) is 5.83. The van der Waals surface area contributed by atoms with E-state index in [9.17, 15) is 8.42 Å². The second-order valence-corrected chi connectivity index (χ2v) is 4.90. The summed E-state index contributed by atoms with van der Waals surface area (Å²) in [7, 11) is -3.56. The van der Waals surface area contributed by atoms with E-state index in [4.69, 9.17) is 5.26 Å². The Bertz CT molecular complexity index is 315. The van der Waals surface area contributed by atoms with Gasteiger partial charge in [0.1, 0.15) is 5.54 Å². The fourth-order valence-electron chi connectivity index (χ4n) is 1.10. The summed E-state index contributed by atoms with van der Waals surface area (Å²) < 4.78 is 27.8. The summed E-state index contributed by atoms with van der Waals surface area (Å²) in [5.74, 6) is 0. The fraction of sp³-hybridized carbons (Fsp3) is 0.889. The minimum Gasteiger partial charge on any atom is -0.202 e. The number of rotatable bonds is 7. The van der Waals surface area contributed by atoms with Gasteiger partial charge in [-0.3, -0.25) is 0 Å². The van der Waals surface area contributed by atoms with Crippen molar-refractivity contribution in [2.75, 3.05) is 6.54 Å². The third kappa shape index (κ3) is 4.60. The molecule has 0 aliphatic carbocycles. The first-order chi connectivity index (χ1) is 6.95. The Morgan fingerprint density at radius 1 is 1.27 bits per heavy atom. The Morgan fingerprint density at radius 2 is 1.80 bits per heavy atom. The molecule has 2 N–H and O–H groups in total. The third-order valence-electron chi connectivity index (χ3n) is 2.29. The van der Waals surface area contributed by atoms with E-state index >= 15 is 0 Å². The molecular formula is C9H19N3O2S. The van der Waals surface area contributed by atoms with E-state index in [-0.39, 0.29) is 0 Å². The maximum atomic E-state index is 11.5. The van der Waals surface area contributed by atoms with Gasteiger partial charge in [-0.25, -0.2) is 4.72 Å². The normalized spacial score (nSPS) is 12.4. The molecule has 0 aromatic heterocycles. The summed E-state index contributed by atoms with van der Waals surface area (Å²) >= 11 is 0. The van der Waals surface area contributed by atoms with Crippen LogP contribution in [0.2, 0.25) is 0 Å². The van der Waals surface area contributed by atoms with Gasteiger partial charge in [0, 0.05) is 6.54 Å². The topological polar surface area (TPSA) is 82.0 Å². The molecule has 0 fully saturated rings. The largest absolute Gasteiger partial charge is 0.278 e. The molecule has 15 heavy (non-hydrogen) atoms. The summed E-state index contributed by atoms with van der Waals surface area (Å²) in [6.07, 6.45) is 1.62. The average molecular weight is 233 g/mol. The average Bonchev–Trinajstić information content (AvgIpc) is 2.23. The zero-order chi connectivity index (χ0) is 11.9. The molecule has 88 valence electrons. The van der Waals surface area contributed by atoms with Crippen molar-refractivity contribution in [1.29, 1.82) is 5.26 Å². The lowest BCUT2D eigenvalue weighted by atomic mass is 9.97. The second-order valence-electron chi connectivity index (χ2n) is 3.40. The SMILES string of the molecule is CCCNS(=O)(=O)NC(C#N)(CC)CC. The van der Waals surface area contributed by atoms with E-state index in [0.29, 0.717) is 19.4 Å². The van der Waals surface area contributed by atoms with Crippen molar-refractivity contribution in [2.45, 2.75) is 45.6 Å². The molecule has 0 aliphatic rings. The van der Waals surface area contributed by atoms with Crippen LogP contribution in [-0.2, 0) is 10.2 Å². The highest BCUT2D eigenvalue weighted by Crippen LogP contribution is 2.14. The number of hydrogen-bond donors (Lipinski definition) is 2. The first-order valence-electron chi connectivity index (χ1n) is 5.15. The quantitative estimate of drug-likeness (QED) is 0.685. The van der Waals surface area contributed by atoms with Crippen LogP contribution in [-0.4, -0.2) is 20.5 Å². The van der Waals surface area contributed by atoms with Crippen molar-refractivity contribution < 1.29 is 8.42 Å². The lowest BCUT2D eigenvalue weighted by molar-refractivity contribution is 0.442. The Balaban J connectivity index is 4.62. The molecule has 5 nitrogen and oxygen atoms in total. The zero-order valence-electron chi connectivity index (χ0n) is 9.50. The van der Waals surface area contributed by atoms with Crippen LogP contribution in [0.1, 0.15) is 40.0 Å². The number of nitrogens with one attached hydrogen (secondary N) is 2. The lowest BCUT2D eigenvalue weighted by Crippen LogP contribution is -2.51. The highest BCUT2D eigenvalue weighted by Gasteiger charge is 2.30. The van der Waals surface area contributed by atoms with Gasteiger partial charge in [-0.15, -0.1) is 0 Å². The summed E-state index contributed by atoms with van der Waals surface area (Å²) in [5.41, 5.74) is -0.987. The Morgan fingerprint density at radius 3 is 2.13 bits per heavy atom. The smallest absolute Gasteiger partial charge is 0.202 e. The van der Waals surface area contributed by atoms with Gasteiger partial charge in [0.25, 0.3) is 10.2 Å². The van der Waals surface area contributed by atoms with Gasteiger partial charge in [0.05, 0.1) is 6.07 Å². The molecule has 0 rings (SSSR count). The van der Waals surface area contributed by atoms with Crippen LogP contribution in [0.5, 0.6) is 0 Å². The molecule has 0 bridgehead atoms. The number of hydrogen-bond acceptors (Lipinski definition) is 3. The van der Waals surface area contributed by atoms with Gasteiger partial charge in [-0.2, -0.15) is 18.4 Å². The van der Waals surface area contributed by atoms with E-state index in [0.717, 1.165) is 6.42 Å². The molecular weight excluding hydrogens is 214 g/mol. The van der Waals surface area contributed by atoms with Crippen LogP contribution in [0.15, 0.2) is 0 Å². The first-order valence-corrected chi connectivity index (χ1v) is 6.63. The van der Waals surface area contributed by atoms with Crippen LogP contribution >= 0.6 is 0 Å². The lowest BCUT2D eigenvalue weighted by Gasteiger charge is -2.24. The monoisotopic (exact) mass is 233 g/mol. The molecule has 0 aliphatic heterocycles. The van der Waals surface area contributed by atoms with Crippen molar-refractivity contribution in [3.8, 4) is 6.07 Å². The van der Waals surface area contributed by atoms with Crippen molar-refractivity contribution in [2.24, 2.45) is 0 Å². The summed E-state index contributed by atoms with van der Waals surface area (Å²) in [6, 6.07) is 2.02. The van der Waals surface area contributed by atoms with Crippen molar-refractivity contribution in [3.63, 3.8) is 0 Å². The molecule has 0 atom stereocenters. The van der Waals surface area contributed by atoms with Crippen molar-refractivity contribution in [1.82, 2.24) is 9.44 Å². The summed E-state index contributed by atoms with van der Waals surface area (Å²) in [5, 5.41) is 8.96. The maximum absolute atomic E-state index is 11.5. The molecule has 0 heterocycles. The molecule has 0 aromatic carbocycles. The molecule has 0 amide bonds. The zero-order valence-corrected chi connectivity index (χ0v) is 10.3. The van der Waals surface area contributed by atoms with Crippen LogP contribution < -0.4 is 9.44 Å². The first kappa shape index (κ1) is 14.4. The van der Waals surface area contributed by atoms with Gasteiger partial charge >= 0.3 is 0 Å². The molecule has 0 spiro atoms. The standard InChI is InChI=1S/C9H19N3O2S/c1-4-7-11-15(13,14)12-9(5-2,6-3)8-10/h11-12H,4-7H2,1-3H3. The Kier molecular flexibility index (Phi) is 5.80. The van der Waals surface area contributed by atoms with Crippen molar-refractivity contribution >= 4 is 10.2 Å². The van der Waals surface area contributed by atoms with Crippen molar-refractivity contribution in [3.05, 3.63) is 0 Å². The molecule has 6 heteroatoms. The summed E-state index contributed by atoms with van der Waals surface area (Å²) in [4.78, 5) is 0.